The van der Waals surface area contributed by atoms with E-state index in [9.17, 15) is 5.11 Å². The van der Waals surface area contributed by atoms with E-state index in [-0.39, 0.29) is 6.10 Å². The predicted octanol–water partition coefficient (Wildman–Crippen LogP) is 2.51. The molecular formula is C13H18O2. The SMILES string of the molecule is CC1(O)CCCC(Cc2ccccc2)O1. The standard InChI is InChI=1S/C13H18O2/c1-13(14)9-5-8-12(15-13)10-11-6-3-2-4-7-11/h2-4,6-7,12,14H,5,8-10H2,1H3. The van der Waals surface area contributed by atoms with Gasteiger partial charge in [-0.2, -0.15) is 0 Å². The normalized spacial score (nSPS) is 31.5. The van der Waals surface area contributed by atoms with Crippen LogP contribution in [0.3, 0.4) is 0 Å². The van der Waals surface area contributed by atoms with Gasteiger partial charge in [0.25, 0.3) is 0 Å². The molecule has 82 valence electrons. The Labute approximate surface area is 90.9 Å². The van der Waals surface area contributed by atoms with E-state index in [1.807, 2.05) is 18.2 Å². The molecule has 2 unspecified atom stereocenters. The van der Waals surface area contributed by atoms with Crippen LogP contribution in [0.1, 0.15) is 31.7 Å². The third-order valence-electron chi connectivity index (χ3n) is 2.89. The van der Waals surface area contributed by atoms with Crippen molar-refractivity contribution in [3.63, 3.8) is 0 Å². The van der Waals surface area contributed by atoms with E-state index < -0.39 is 5.79 Å². The van der Waals surface area contributed by atoms with Crippen LogP contribution in [-0.2, 0) is 11.2 Å². The van der Waals surface area contributed by atoms with Gasteiger partial charge in [0.1, 0.15) is 0 Å². The third-order valence-corrected chi connectivity index (χ3v) is 2.89. The van der Waals surface area contributed by atoms with E-state index in [0.29, 0.717) is 0 Å². The number of benzene rings is 1. The fourth-order valence-corrected chi connectivity index (χ4v) is 2.16. The van der Waals surface area contributed by atoms with E-state index in [0.717, 1.165) is 25.7 Å². The molecule has 1 aromatic rings. The quantitative estimate of drug-likeness (QED) is 0.805. The summed E-state index contributed by atoms with van der Waals surface area (Å²) in [6.07, 6.45) is 3.90. The van der Waals surface area contributed by atoms with Crippen LogP contribution in [0.5, 0.6) is 0 Å². The van der Waals surface area contributed by atoms with Crippen molar-refractivity contribution >= 4 is 0 Å². The Hall–Kier alpha value is -0.860. The maximum Gasteiger partial charge on any atom is 0.162 e. The largest absolute Gasteiger partial charge is 0.366 e. The summed E-state index contributed by atoms with van der Waals surface area (Å²) in [6.45, 7) is 1.75. The van der Waals surface area contributed by atoms with Crippen LogP contribution < -0.4 is 0 Å². The van der Waals surface area contributed by atoms with Crippen molar-refractivity contribution in [1.82, 2.24) is 0 Å². The van der Waals surface area contributed by atoms with Crippen LogP contribution in [0.4, 0.5) is 0 Å². The number of aliphatic hydroxyl groups is 1. The number of hydrogen-bond acceptors (Lipinski definition) is 2. The van der Waals surface area contributed by atoms with Gasteiger partial charge in [0, 0.05) is 6.42 Å². The summed E-state index contributed by atoms with van der Waals surface area (Å²) in [5, 5.41) is 9.80. The highest BCUT2D eigenvalue weighted by molar-refractivity contribution is 5.15. The van der Waals surface area contributed by atoms with E-state index in [4.69, 9.17) is 4.74 Å². The summed E-state index contributed by atoms with van der Waals surface area (Å²) in [6, 6.07) is 10.3. The molecule has 2 heteroatoms. The highest BCUT2D eigenvalue weighted by Crippen LogP contribution is 2.27. The zero-order valence-corrected chi connectivity index (χ0v) is 9.15. The molecule has 0 aliphatic carbocycles. The van der Waals surface area contributed by atoms with Gasteiger partial charge in [-0.25, -0.2) is 0 Å². The summed E-state index contributed by atoms with van der Waals surface area (Å²) in [7, 11) is 0. The molecule has 0 spiro atoms. The summed E-state index contributed by atoms with van der Waals surface area (Å²) in [4.78, 5) is 0. The summed E-state index contributed by atoms with van der Waals surface area (Å²) in [5.41, 5.74) is 1.28. The van der Waals surface area contributed by atoms with E-state index in [1.165, 1.54) is 5.56 Å². The molecule has 1 aliphatic heterocycles. The molecule has 1 heterocycles. The highest BCUT2D eigenvalue weighted by Gasteiger charge is 2.30. The smallest absolute Gasteiger partial charge is 0.162 e. The molecule has 2 nitrogen and oxygen atoms in total. The van der Waals surface area contributed by atoms with Crippen LogP contribution in [0.2, 0.25) is 0 Å². The Kier molecular flexibility index (Phi) is 3.08. The molecule has 1 aliphatic rings. The van der Waals surface area contributed by atoms with Gasteiger partial charge in [-0.05, 0) is 31.7 Å². The maximum absolute atomic E-state index is 9.80. The first-order valence-corrected chi connectivity index (χ1v) is 5.60. The highest BCUT2D eigenvalue weighted by atomic mass is 16.6. The van der Waals surface area contributed by atoms with E-state index >= 15 is 0 Å². The second-order valence-corrected chi connectivity index (χ2v) is 4.50. The van der Waals surface area contributed by atoms with Crippen LogP contribution in [0, 0.1) is 0 Å². The molecule has 1 aromatic carbocycles. The lowest BCUT2D eigenvalue weighted by Crippen LogP contribution is -2.38. The number of ether oxygens (including phenoxy) is 1. The third kappa shape index (κ3) is 3.05. The van der Waals surface area contributed by atoms with Crippen LogP contribution in [-0.4, -0.2) is 17.0 Å². The number of hydrogen-bond donors (Lipinski definition) is 1. The van der Waals surface area contributed by atoms with Gasteiger partial charge in [0.2, 0.25) is 0 Å². The molecule has 0 amide bonds. The monoisotopic (exact) mass is 206 g/mol. The fourth-order valence-electron chi connectivity index (χ4n) is 2.16. The Morgan fingerprint density at radius 1 is 1.40 bits per heavy atom. The molecule has 1 saturated heterocycles. The van der Waals surface area contributed by atoms with Gasteiger partial charge in [-0.3, -0.25) is 0 Å². The van der Waals surface area contributed by atoms with Crippen molar-refractivity contribution in [2.45, 2.75) is 44.5 Å². The Morgan fingerprint density at radius 2 is 2.13 bits per heavy atom. The minimum Gasteiger partial charge on any atom is -0.366 e. The molecule has 0 radical (unpaired) electrons. The Morgan fingerprint density at radius 3 is 2.80 bits per heavy atom. The van der Waals surface area contributed by atoms with E-state index in [2.05, 4.69) is 12.1 Å². The summed E-state index contributed by atoms with van der Waals surface area (Å²) in [5.74, 6) is -0.919. The lowest BCUT2D eigenvalue weighted by molar-refractivity contribution is -0.241. The molecule has 15 heavy (non-hydrogen) atoms. The summed E-state index contributed by atoms with van der Waals surface area (Å²) >= 11 is 0. The number of rotatable bonds is 2. The van der Waals surface area contributed by atoms with Crippen molar-refractivity contribution in [2.75, 3.05) is 0 Å². The van der Waals surface area contributed by atoms with Crippen molar-refractivity contribution in [3.8, 4) is 0 Å². The van der Waals surface area contributed by atoms with Gasteiger partial charge in [0.05, 0.1) is 6.10 Å². The molecule has 0 bridgehead atoms. The molecule has 2 rings (SSSR count). The fraction of sp³-hybridized carbons (Fsp3) is 0.538. The first kappa shape index (κ1) is 10.7. The lowest BCUT2D eigenvalue weighted by Gasteiger charge is -2.34. The van der Waals surface area contributed by atoms with Crippen molar-refractivity contribution < 1.29 is 9.84 Å². The molecule has 2 atom stereocenters. The van der Waals surface area contributed by atoms with Gasteiger partial charge in [-0.15, -0.1) is 0 Å². The maximum atomic E-state index is 9.80. The first-order chi connectivity index (χ1) is 7.16. The van der Waals surface area contributed by atoms with Crippen molar-refractivity contribution in [2.24, 2.45) is 0 Å². The van der Waals surface area contributed by atoms with Gasteiger partial charge in [-0.1, -0.05) is 30.3 Å². The van der Waals surface area contributed by atoms with Gasteiger partial charge in [0.15, 0.2) is 5.79 Å². The lowest BCUT2D eigenvalue weighted by atomic mass is 9.97. The average Bonchev–Trinajstić information content (AvgIpc) is 2.17. The van der Waals surface area contributed by atoms with Crippen LogP contribution in [0.25, 0.3) is 0 Å². The first-order valence-electron chi connectivity index (χ1n) is 5.60. The predicted molar refractivity (Wildman–Crippen MR) is 59.5 cm³/mol. The zero-order chi connectivity index (χ0) is 10.7. The van der Waals surface area contributed by atoms with Crippen LogP contribution >= 0.6 is 0 Å². The summed E-state index contributed by atoms with van der Waals surface area (Å²) < 4.78 is 5.63. The van der Waals surface area contributed by atoms with Gasteiger partial charge < -0.3 is 9.84 Å². The van der Waals surface area contributed by atoms with Crippen molar-refractivity contribution in [3.05, 3.63) is 35.9 Å². The zero-order valence-electron chi connectivity index (χ0n) is 9.15. The second kappa shape index (κ2) is 4.33. The van der Waals surface area contributed by atoms with E-state index in [1.54, 1.807) is 6.92 Å². The molecule has 1 fully saturated rings. The topological polar surface area (TPSA) is 29.5 Å². The minimum atomic E-state index is -0.919. The molecule has 0 saturated carbocycles. The average molecular weight is 206 g/mol. The molecule has 0 aromatic heterocycles. The van der Waals surface area contributed by atoms with Crippen LogP contribution in [0.15, 0.2) is 30.3 Å². The second-order valence-electron chi connectivity index (χ2n) is 4.50. The van der Waals surface area contributed by atoms with Gasteiger partial charge >= 0.3 is 0 Å². The molecular weight excluding hydrogens is 188 g/mol. The Balaban J connectivity index is 1.95. The Bertz CT molecular complexity index is 306. The molecule has 1 N–H and O–H groups in total. The van der Waals surface area contributed by atoms with Crippen molar-refractivity contribution in [1.29, 1.82) is 0 Å². The minimum absolute atomic E-state index is 0.163.